The van der Waals surface area contributed by atoms with Crippen LogP contribution in [0.3, 0.4) is 0 Å². The monoisotopic (exact) mass is 311 g/mol. The third-order valence-corrected chi connectivity index (χ3v) is 4.98. The predicted octanol–water partition coefficient (Wildman–Crippen LogP) is 5.07. The van der Waals surface area contributed by atoms with Gasteiger partial charge in [-0.1, -0.05) is 39.5 Å². The number of rotatable bonds is 6. The summed E-state index contributed by atoms with van der Waals surface area (Å²) in [5.74, 6) is 1.14. The normalized spacial score (nSPS) is 27.0. The van der Waals surface area contributed by atoms with E-state index in [0.717, 1.165) is 19.4 Å². The van der Waals surface area contributed by atoms with Crippen molar-refractivity contribution >= 4 is 11.8 Å². The van der Waals surface area contributed by atoms with Crippen LogP contribution in [0.25, 0.3) is 0 Å². The molecule has 0 heterocycles. The van der Waals surface area contributed by atoms with Gasteiger partial charge in [-0.25, -0.2) is 0 Å². The molecule has 0 aromatic carbocycles. The molecule has 0 aromatic heterocycles. The molecule has 1 rings (SSSR count). The highest BCUT2D eigenvalue weighted by Gasteiger charge is 2.35. The smallest absolute Gasteiger partial charge is 0.314 e. The number of alkyl halides is 3. The Bertz CT molecular complexity index is 287. The van der Waals surface area contributed by atoms with Gasteiger partial charge in [0.2, 0.25) is 0 Å². The van der Waals surface area contributed by atoms with Gasteiger partial charge in [0, 0.05) is 11.8 Å². The van der Waals surface area contributed by atoms with E-state index in [-0.39, 0.29) is 22.9 Å². The third kappa shape index (κ3) is 7.21. The largest absolute Gasteiger partial charge is 0.441 e. The number of hydrogen-bond acceptors (Lipinski definition) is 2. The van der Waals surface area contributed by atoms with Gasteiger partial charge in [-0.2, -0.15) is 13.2 Å². The van der Waals surface area contributed by atoms with Gasteiger partial charge in [0.25, 0.3) is 0 Å². The summed E-state index contributed by atoms with van der Waals surface area (Å²) in [6, 6.07) is 0.440. The average molecular weight is 311 g/mol. The average Bonchev–Trinajstić information content (AvgIpc) is 2.25. The Morgan fingerprint density at radius 3 is 2.45 bits per heavy atom. The van der Waals surface area contributed by atoms with Crippen molar-refractivity contribution in [2.75, 3.05) is 12.3 Å². The molecule has 0 saturated heterocycles. The molecule has 1 aliphatic rings. The van der Waals surface area contributed by atoms with Gasteiger partial charge in [0.05, 0.1) is 0 Å². The van der Waals surface area contributed by atoms with Crippen molar-refractivity contribution in [2.24, 2.45) is 17.3 Å². The maximum Gasteiger partial charge on any atom is 0.441 e. The zero-order valence-electron chi connectivity index (χ0n) is 13.0. The van der Waals surface area contributed by atoms with Crippen LogP contribution in [0.1, 0.15) is 53.4 Å². The molecule has 1 fully saturated rings. The van der Waals surface area contributed by atoms with Gasteiger partial charge >= 0.3 is 5.51 Å². The fourth-order valence-corrected chi connectivity index (χ4v) is 3.76. The summed E-state index contributed by atoms with van der Waals surface area (Å²) in [4.78, 5) is 0. The Morgan fingerprint density at radius 2 is 1.90 bits per heavy atom. The predicted molar refractivity (Wildman–Crippen MR) is 80.9 cm³/mol. The number of nitrogens with one attached hydrogen (secondary N) is 1. The van der Waals surface area contributed by atoms with Gasteiger partial charge < -0.3 is 5.32 Å². The molecule has 0 aliphatic heterocycles. The van der Waals surface area contributed by atoms with Gasteiger partial charge in [-0.05, 0) is 49.5 Å². The first-order valence-corrected chi connectivity index (χ1v) is 8.52. The van der Waals surface area contributed by atoms with Gasteiger partial charge in [-0.15, -0.1) is 0 Å². The minimum atomic E-state index is -4.09. The van der Waals surface area contributed by atoms with Crippen LogP contribution >= 0.6 is 11.8 Å². The molecular weight excluding hydrogens is 283 g/mol. The Hall–Kier alpha value is 0.100. The van der Waals surface area contributed by atoms with Crippen LogP contribution in [0.2, 0.25) is 0 Å². The van der Waals surface area contributed by atoms with E-state index in [2.05, 4.69) is 33.0 Å². The number of thioether (sulfide) groups is 1. The molecule has 1 saturated carbocycles. The highest BCUT2D eigenvalue weighted by atomic mass is 32.2. The molecule has 120 valence electrons. The zero-order chi connectivity index (χ0) is 15.4. The van der Waals surface area contributed by atoms with Crippen molar-refractivity contribution in [3.05, 3.63) is 0 Å². The topological polar surface area (TPSA) is 12.0 Å². The molecule has 0 bridgehead atoms. The van der Waals surface area contributed by atoms with E-state index in [0.29, 0.717) is 24.3 Å². The SMILES string of the molecule is CC(C)NCC1CCC(C)(C)CC1CCSC(F)(F)F. The lowest BCUT2D eigenvalue weighted by Gasteiger charge is -2.41. The summed E-state index contributed by atoms with van der Waals surface area (Å²) >= 11 is 0.133. The molecule has 1 aliphatic carbocycles. The van der Waals surface area contributed by atoms with Crippen molar-refractivity contribution in [2.45, 2.75) is 64.9 Å². The standard InChI is InChI=1S/C15H28F3NS/c1-11(2)19-10-13-5-7-14(3,4)9-12(13)6-8-20-15(16,17)18/h11-13,19H,5-10H2,1-4H3. The first-order chi connectivity index (χ1) is 9.09. The lowest BCUT2D eigenvalue weighted by molar-refractivity contribution is -0.0329. The number of hydrogen-bond donors (Lipinski definition) is 1. The molecular formula is C15H28F3NS. The molecule has 2 atom stereocenters. The maximum absolute atomic E-state index is 12.3. The minimum Gasteiger partial charge on any atom is -0.314 e. The van der Waals surface area contributed by atoms with E-state index in [1.54, 1.807) is 0 Å². The summed E-state index contributed by atoms with van der Waals surface area (Å²) in [6.45, 7) is 9.64. The van der Waals surface area contributed by atoms with Crippen molar-refractivity contribution < 1.29 is 13.2 Å². The third-order valence-electron chi connectivity index (χ3n) is 4.22. The van der Waals surface area contributed by atoms with Crippen LogP contribution < -0.4 is 5.32 Å². The highest BCUT2D eigenvalue weighted by Crippen LogP contribution is 2.44. The van der Waals surface area contributed by atoms with Gasteiger partial charge in [0.1, 0.15) is 0 Å². The molecule has 0 amide bonds. The van der Waals surface area contributed by atoms with Crippen LogP contribution in [-0.2, 0) is 0 Å². The molecule has 0 radical (unpaired) electrons. The van der Waals surface area contributed by atoms with Crippen molar-refractivity contribution in [3.8, 4) is 0 Å². The molecule has 5 heteroatoms. The Balaban J connectivity index is 2.49. The second-order valence-electron chi connectivity index (χ2n) is 7.07. The van der Waals surface area contributed by atoms with Gasteiger partial charge in [0.15, 0.2) is 0 Å². The van der Waals surface area contributed by atoms with E-state index in [1.807, 2.05) is 0 Å². The maximum atomic E-state index is 12.3. The first-order valence-electron chi connectivity index (χ1n) is 7.53. The fraction of sp³-hybridized carbons (Fsp3) is 1.00. The Labute approximate surface area is 125 Å². The quantitative estimate of drug-likeness (QED) is 0.735. The van der Waals surface area contributed by atoms with Crippen molar-refractivity contribution in [1.29, 1.82) is 0 Å². The zero-order valence-corrected chi connectivity index (χ0v) is 13.8. The molecule has 1 nitrogen and oxygen atoms in total. The lowest BCUT2D eigenvalue weighted by atomic mass is 9.66. The second kappa shape index (κ2) is 7.39. The van der Waals surface area contributed by atoms with Crippen LogP contribution in [-0.4, -0.2) is 23.8 Å². The van der Waals surface area contributed by atoms with E-state index >= 15 is 0 Å². The summed E-state index contributed by atoms with van der Waals surface area (Å²) in [6.07, 6.45) is 4.04. The summed E-state index contributed by atoms with van der Waals surface area (Å²) < 4.78 is 36.8. The van der Waals surface area contributed by atoms with E-state index < -0.39 is 5.51 Å². The highest BCUT2D eigenvalue weighted by molar-refractivity contribution is 8.00. The summed E-state index contributed by atoms with van der Waals surface area (Å²) in [5.41, 5.74) is -3.81. The lowest BCUT2D eigenvalue weighted by Crippen LogP contribution is -2.38. The van der Waals surface area contributed by atoms with E-state index in [4.69, 9.17) is 0 Å². The second-order valence-corrected chi connectivity index (χ2v) is 8.23. The van der Waals surface area contributed by atoms with Crippen molar-refractivity contribution in [3.63, 3.8) is 0 Å². The van der Waals surface area contributed by atoms with Crippen LogP contribution in [0.15, 0.2) is 0 Å². The van der Waals surface area contributed by atoms with Gasteiger partial charge in [-0.3, -0.25) is 0 Å². The fourth-order valence-electron chi connectivity index (χ4n) is 3.11. The summed E-state index contributed by atoms with van der Waals surface area (Å²) in [5, 5.41) is 3.45. The Kier molecular flexibility index (Phi) is 6.71. The molecule has 0 aromatic rings. The Morgan fingerprint density at radius 1 is 1.25 bits per heavy atom. The molecule has 2 unspecified atom stereocenters. The van der Waals surface area contributed by atoms with E-state index in [9.17, 15) is 13.2 Å². The van der Waals surface area contributed by atoms with Crippen LogP contribution in [0, 0.1) is 17.3 Å². The number of halogens is 3. The molecule has 0 spiro atoms. The first kappa shape index (κ1) is 18.1. The minimum absolute atomic E-state index is 0.133. The van der Waals surface area contributed by atoms with Crippen molar-refractivity contribution in [1.82, 2.24) is 5.32 Å². The van der Waals surface area contributed by atoms with Crippen LogP contribution in [0.4, 0.5) is 13.2 Å². The summed E-state index contributed by atoms with van der Waals surface area (Å²) in [7, 11) is 0. The molecule has 20 heavy (non-hydrogen) atoms. The molecule has 1 N–H and O–H groups in total. The van der Waals surface area contributed by atoms with E-state index in [1.165, 1.54) is 6.42 Å². The van der Waals surface area contributed by atoms with Crippen LogP contribution in [0.5, 0.6) is 0 Å².